The molecule has 1 fully saturated rings. The minimum absolute atomic E-state index is 0.115. The van der Waals surface area contributed by atoms with Crippen LogP contribution >= 0.6 is 0 Å². The van der Waals surface area contributed by atoms with E-state index in [0.29, 0.717) is 12.2 Å². The van der Waals surface area contributed by atoms with Crippen molar-refractivity contribution in [1.29, 1.82) is 0 Å². The Morgan fingerprint density at radius 2 is 2.15 bits per heavy atom. The van der Waals surface area contributed by atoms with Gasteiger partial charge in [0.2, 0.25) is 5.76 Å². The van der Waals surface area contributed by atoms with Crippen LogP contribution in [0.25, 0.3) is 11.3 Å². The van der Waals surface area contributed by atoms with Gasteiger partial charge in [-0.25, -0.2) is 0 Å². The Balaban J connectivity index is 1.56. The molecule has 0 aliphatic carbocycles. The lowest BCUT2D eigenvalue weighted by molar-refractivity contribution is 0.0672. The van der Waals surface area contributed by atoms with Gasteiger partial charge in [-0.2, -0.15) is 0 Å². The fourth-order valence-electron chi connectivity index (χ4n) is 3.39. The number of carbonyl (C=O) groups excluding carboxylic acids is 1. The summed E-state index contributed by atoms with van der Waals surface area (Å²) >= 11 is 0. The minimum Gasteiger partial charge on any atom is -0.497 e. The van der Waals surface area contributed by atoms with Crippen LogP contribution in [0.4, 0.5) is 0 Å². The van der Waals surface area contributed by atoms with E-state index in [-0.39, 0.29) is 17.7 Å². The molecular formula is C20H21N3O4. The number of nitrogens with zero attached hydrogens (tertiary/aromatic N) is 3. The average Bonchev–Trinajstić information content (AvgIpc) is 3.47. The van der Waals surface area contributed by atoms with Crippen molar-refractivity contribution in [3.8, 4) is 17.0 Å². The van der Waals surface area contributed by atoms with Crippen molar-refractivity contribution in [1.82, 2.24) is 15.2 Å². The van der Waals surface area contributed by atoms with Gasteiger partial charge in [-0.1, -0.05) is 29.4 Å². The van der Waals surface area contributed by atoms with Crippen LogP contribution in [0.5, 0.6) is 5.75 Å². The first-order valence-electron chi connectivity index (χ1n) is 9.07. The summed E-state index contributed by atoms with van der Waals surface area (Å²) in [6.45, 7) is 2.68. The molecule has 7 heteroatoms. The summed E-state index contributed by atoms with van der Waals surface area (Å²) in [6.07, 6.45) is 2.56. The summed E-state index contributed by atoms with van der Waals surface area (Å²) in [5, 5.41) is 8.10. The highest BCUT2D eigenvalue weighted by atomic mass is 16.5. The lowest BCUT2D eigenvalue weighted by Crippen LogP contribution is -2.30. The van der Waals surface area contributed by atoms with Crippen molar-refractivity contribution in [3.05, 3.63) is 53.6 Å². The summed E-state index contributed by atoms with van der Waals surface area (Å²) in [5.41, 5.74) is 2.32. The van der Waals surface area contributed by atoms with E-state index < -0.39 is 0 Å². The third kappa shape index (κ3) is 3.32. The Morgan fingerprint density at radius 1 is 1.26 bits per heavy atom. The predicted molar refractivity (Wildman–Crippen MR) is 97.4 cm³/mol. The Bertz CT molecular complexity index is 946. The maximum atomic E-state index is 13.0. The summed E-state index contributed by atoms with van der Waals surface area (Å²) < 4.78 is 16.0. The third-order valence-electron chi connectivity index (χ3n) is 4.87. The number of methoxy groups -OCH3 is 1. The Kier molecular flexibility index (Phi) is 4.66. The molecule has 1 saturated heterocycles. The van der Waals surface area contributed by atoms with Crippen LogP contribution in [0.3, 0.4) is 0 Å². The van der Waals surface area contributed by atoms with Crippen molar-refractivity contribution >= 4 is 5.91 Å². The van der Waals surface area contributed by atoms with Crippen LogP contribution in [-0.4, -0.2) is 34.8 Å². The summed E-state index contributed by atoms with van der Waals surface area (Å²) in [7, 11) is 1.61. The first-order valence-corrected chi connectivity index (χ1v) is 9.07. The summed E-state index contributed by atoms with van der Waals surface area (Å²) in [5.74, 6) is 1.48. The molecule has 0 N–H and O–H groups in total. The van der Waals surface area contributed by atoms with Gasteiger partial charge < -0.3 is 18.7 Å². The van der Waals surface area contributed by atoms with E-state index >= 15 is 0 Å². The smallest absolute Gasteiger partial charge is 0.293 e. The SMILES string of the molecule is CCc1cc([C@@H]2CCCN2C(=O)c2cc(-c3cccc(OC)c3)no2)on1. The van der Waals surface area contributed by atoms with Crippen molar-refractivity contribution in [3.63, 3.8) is 0 Å². The molecule has 3 aromatic rings. The van der Waals surface area contributed by atoms with E-state index in [4.69, 9.17) is 13.8 Å². The molecule has 1 amide bonds. The van der Waals surface area contributed by atoms with Crippen molar-refractivity contribution in [2.75, 3.05) is 13.7 Å². The summed E-state index contributed by atoms with van der Waals surface area (Å²) in [4.78, 5) is 14.8. The summed E-state index contributed by atoms with van der Waals surface area (Å²) in [6, 6.07) is 11.0. The van der Waals surface area contributed by atoms with E-state index in [2.05, 4.69) is 10.3 Å². The second kappa shape index (κ2) is 7.26. The maximum Gasteiger partial charge on any atom is 0.293 e. The fourth-order valence-corrected chi connectivity index (χ4v) is 3.39. The van der Waals surface area contributed by atoms with Crippen molar-refractivity contribution in [2.45, 2.75) is 32.2 Å². The minimum atomic E-state index is -0.186. The first kappa shape index (κ1) is 17.3. The molecule has 1 atom stereocenters. The van der Waals surface area contributed by atoms with E-state index in [1.54, 1.807) is 18.1 Å². The number of hydrogen-bond donors (Lipinski definition) is 0. The number of rotatable bonds is 5. The van der Waals surface area contributed by atoms with Gasteiger partial charge in [-0.15, -0.1) is 0 Å². The molecule has 1 aliphatic heterocycles. The molecule has 0 bridgehead atoms. The number of likely N-dealkylation sites (tertiary alicyclic amines) is 1. The third-order valence-corrected chi connectivity index (χ3v) is 4.87. The zero-order valence-corrected chi connectivity index (χ0v) is 15.3. The molecule has 27 heavy (non-hydrogen) atoms. The van der Waals surface area contributed by atoms with Gasteiger partial charge in [0.1, 0.15) is 11.4 Å². The molecule has 7 nitrogen and oxygen atoms in total. The van der Waals surface area contributed by atoms with Gasteiger partial charge in [0.25, 0.3) is 5.91 Å². The van der Waals surface area contributed by atoms with E-state index in [9.17, 15) is 4.79 Å². The van der Waals surface area contributed by atoms with E-state index in [0.717, 1.165) is 42.0 Å². The van der Waals surface area contributed by atoms with Crippen LogP contribution in [0, 0.1) is 0 Å². The normalized spacial score (nSPS) is 16.7. The quantitative estimate of drug-likeness (QED) is 0.681. The fraction of sp³-hybridized carbons (Fsp3) is 0.350. The zero-order valence-electron chi connectivity index (χ0n) is 15.3. The van der Waals surface area contributed by atoms with Gasteiger partial charge in [0, 0.05) is 24.2 Å². The molecule has 1 aliphatic rings. The lowest BCUT2D eigenvalue weighted by atomic mass is 10.1. The van der Waals surface area contributed by atoms with Crippen LogP contribution < -0.4 is 4.74 Å². The number of carbonyl (C=O) groups is 1. The number of ether oxygens (including phenoxy) is 1. The van der Waals surface area contributed by atoms with Gasteiger partial charge in [0.15, 0.2) is 5.76 Å². The van der Waals surface area contributed by atoms with Crippen LogP contribution in [-0.2, 0) is 6.42 Å². The van der Waals surface area contributed by atoms with Crippen molar-refractivity contribution < 1.29 is 18.6 Å². The standard InChI is InChI=1S/C20H21N3O4/c1-3-14-11-18(26-21-14)17-8-5-9-23(17)20(24)19-12-16(22-27-19)13-6-4-7-15(10-13)25-2/h4,6-7,10-12,17H,3,5,8-9H2,1-2H3/t17-/m0/s1. The molecule has 3 heterocycles. The number of aromatic nitrogens is 2. The van der Waals surface area contributed by atoms with Gasteiger partial charge in [-0.3, -0.25) is 4.79 Å². The monoisotopic (exact) mass is 367 g/mol. The molecular weight excluding hydrogens is 346 g/mol. The number of hydrogen-bond acceptors (Lipinski definition) is 6. The van der Waals surface area contributed by atoms with Gasteiger partial charge in [-0.05, 0) is 31.4 Å². The molecule has 0 saturated carbocycles. The molecule has 1 aromatic carbocycles. The molecule has 0 radical (unpaired) electrons. The number of amides is 1. The topological polar surface area (TPSA) is 81.6 Å². The Labute approximate surface area is 156 Å². The highest BCUT2D eigenvalue weighted by Crippen LogP contribution is 2.34. The molecule has 0 spiro atoms. The maximum absolute atomic E-state index is 13.0. The second-order valence-electron chi connectivity index (χ2n) is 6.54. The highest BCUT2D eigenvalue weighted by Gasteiger charge is 2.35. The van der Waals surface area contributed by atoms with Gasteiger partial charge in [0.05, 0.1) is 18.8 Å². The predicted octanol–water partition coefficient (Wildman–Crippen LogP) is 3.88. The number of benzene rings is 1. The largest absolute Gasteiger partial charge is 0.497 e. The average molecular weight is 367 g/mol. The molecule has 0 unspecified atom stereocenters. The first-order chi connectivity index (χ1) is 13.2. The van der Waals surface area contributed by atoms with E-state index in [1.807, 2.05) is 37.3 Å². The Hall–Kier alpha value is -3.09. The zero-order chi connectivity index (χ0) is 18.8. The van der Waals surface area contributed by atoms with Crippen molar-refractivity contribution in [2.24, 2.45) is 0 Å². The number of aryl methyl sites for hydroxylation is 1. The molecule has 2 aromatic heterocycles. The highest BCUT2D eigenvalue weighted by molar-refractivity contribution is 5.93. The molecule has 140 valence electrons. The molecule has 4 rings (SSSR count). The van der Waals surface area contributed by atoms with Crippen LogP contribution in [0.1, 0.15) is 47.8 Å². The van der Waals surface area contributed by atoms with Crippen LogP contribution in [0.15, 0.2) is 45.4 Å². The Morgan fingerprint density at radius 3 is 2.93 bits per heavy atom. The second-order valence-corrected chi connectivity index (χ2v) is 6.54. The van der Waals surface area contributed by atoms with E-state index in [1.165, 1.54) is 0 Å². The van der Waals surface area contributed by atoms with Crippen LogP contribution in [0.2, 0.25) is 0 Å². The van der Waals surface area contributed by atoms with Gasteiger partial charge >= 0.3 is 0 Å². The lowest BCUT2D eigenvalue weighted by Gasteiger charge is -2.20.